The third-order valence-electron chi connectivity index (χ3n) is 3.24. The number of hydrogen-bond acceptors (Lipinski definition) is 4. The van der Waals surface area contributed by atoms with Gasteiger partial charge in [-0.25, -0.2) is 13.1 Å². The number of sulfonamides is 1. The first-order chi connectivity index (χ1) is 6.66. The van der Waals surface area contributed by atoms with Crippen LogP contribution in [-0.2, 0) is 19.5 Å². The maximum atomic E-state index is 11.3. The van der Waals surface area contributed by atoms with E-state index in [9.17, 15) is 8.42 Å². The van der Waals surface area contributed by atoms with Crippen molar-refractivity contribution in [3.8, 4) is 0 Å². The van der Waals surface area contributed by atoms with Gasteiger partial charge in [-0.05, 0) is 12.3 Å². The Bertz CT molecular complexity index is 341. The van der Waals surface area contributed by atoms with Gasteiger partial charge in [0.2, 0.25) is 10.0 Å². The fourth-order valence-corrected chi connectivity index (χ4v) is 4.45. The number of rotatable bonds is 0. The Morgan fingerprint density at radius 2 is 2.00 bits per heavy atom. The van der Waals surface area contributed by atoms with E-state index in [0.717, 1.165) is 6.42 Å². The third kappa shape index (κ3) is 1.29. The molecule has 0 bridgehead atoms. The zero-order valence-corrected chi connectivity index (χ0v) is 8.50. The van der Waals surface area contributed by atoms with Gasteiger partial charge in [0.05, 0.1) is 31.1 Å². The van der Waals surface area contributed by atoms with Crippen LogP contribution in [-0.4, -0.2) is 45.6 Å². The molecule has 0 aromatic carbocycles. The first-order valence-corrected chi connectivity index (χ1v) is 6.54. The predicted molar refractivity (Wildman–Crippen MR) is 48.3 cm³/mol. The molecule has 0 amide bonds. The predicted octanol–water partition coefficient (Wildman–Crippen LogP) is -0.908. The Balaban J connectivity index is 1.84. The second-order valence-electron chi connectivity index (χ2n) is 4.17. The molecule has 1 N–H and O–H groups in total. The molecule has 0 aromatic rings. The van der Waals surface area contributed by atoms with Gasteiger partial charge in [-0.1, -0.05) is 0 Å². The van der Waals surface area contributed by atoms with Gasteiger partial charge in [-0.15, -0.1) is 0 Å². The van der Waals surface area contributed by atoms with Crippen LogP contribution in [0.25, 0.3) is 0 Å². The molecule has 5 nitrogen and oxygen atoms in total. The molecule has 1 saturated carbocycles. The summed E-state index contributed by atoms with van der Waals surface area (Å²) in [5, 5.41) is 0. The van der Waals surface area contributed by atoms with E-state index in [1.807, 2.05) is 0 Å². The van der Waals surface area contributed by atoms with Gasteiger partial charge in [0.1, 0.15) is 6.10 Å². The average molecular weight is 219 g/mol. The highest BCUT2D eigenvalue weighted by atomic mass is 32.2. The van der Waals surface area contributed by atoms with Crippen LogP contribution in [0, 0.1) is 5.92 Å². The van der Waals surface area contributed by atoms with Gasteiger partial charge < -0.3 is 9.47 Å². The smallest absolute Gasteiger partial charge is 0.212 e. The second kappa shape index (κ2) is 2.91. The van der Waals surface area contributed by atoms with Crippen LogP contribution in [0.4, 0.5) is 0 Å². The highest BCUT2D eigenvalue weighted by Crippen LogP contribution is 2.37. The highest BCUT2D eigenvalue weighted by Gasteiger charge is 2.52. The molecule has 1 aliphatic carbocycles. The summed E-state index contributed by atoms with van der Waals surface area (Å²) in [4.78, 5) is 0. The van der Waals surface area contributed by atoms with Crippen LogP contribution in [0.1, 0.15) is 6.42 Å². The fourth-order valence-electron chi connectivity index (χ4n) is 2.71. The van der Waals surface area contributed by atoms with Crippen LogP contribution < -0.4 is 4.72 Å². The maximum Gasteiger partial charge on any atom is 0.212 e. The lowest BCUT2D eigenvalue weighted by Crippen LogP contribution is -2.45. The summed E-state index contributed by atoms with van der Waals surface area (Å²) >= 11 is 0. The summed E-state index contributed by atoms with van der Waals surface area (Å²) < 4.78 is 36.4. The summed E-state index contributed by atoms with van der Waals surface area (Å²) in [6, 6.07) is -0.0506. The quantitative estimate of drug-likeness (QED) is 0.573. The molecular formula is C8H13NO4S. The van der Waals surface area contributed by atoms with E-state index in [4.69, 9.17) is 9.47 Å². The molecule has 0 spiro atoms. The van der Waals surface area contributed by atoms with E-state index in [1.54, 1.807) is 0 Å². The average Bonchev–Trinajstić information content (AvgIpc) is 2.56. The number of fused-ring (bicyclic) bond motifs is 3. The van der Waals surface area contributed by atoms with Crippen molar-refractivity contribution in [3.63, 3.8) is 0 Å². The van der Waals surface area contributed by atoms with E-state index in [0.29, 0.717) is 13.2 Å². The standard InChI is InChI=1S/C8H13NO4S/c10-14(11)4-5-3-6-8(7(5)9-14)13-2-1-12-6/h5-9H,1-4H2. The van der Waals surface area contributed by atoms with Gasteiger partial charge in [0.25, 0.3) is 0 Å². The Hall–Kier alpha value is -0.170. The third-order valence-corrected chi connectivity index (χ3v) is 4.74. The first kappa shape index (κ1) is 9.08. The van der Waals surface area contributed by atoms with E-state index in [1.165, 1.54) is 0 Å². The minimum atomic E-state index is -3.04. The molecule has 0 aromatic heterocycles. The lowest BCUT2D eigenvalue weighted by Gasteiger charge is -2.29. The van der Waals surface area contributed by atoms with Gasteiger partial charge >= 0.3 is 0 Å². The Kier molecular flexibility index (Phi) is 1.89. The largest absolute Gasteiger partial charge is 0.373 e. The monoisotopic (exact) mass is 219 g/mol. The van der Waals surface area contributed by atoms with E-state index < -0.39 is 10.0 Å². The zero-order chi connectivity index (χ0) is 9.76. The molecule has 2 aliphatic heterocycles. The van der Waals surface area contributed by atoms with Crippen molar-refractivity contribution in [2.24, 2.45) is 5.92 Å². The molecule has 2 saturated heterocycles. The molecule has 2 heterocycles. The minimum absolute atomic E-state index is 0.0506. The zero-order valence-electron chi connectivity index (χ0n) is 7.68. The van der Waals surface area contributed by atoms with Crippen molar-refractivity contribution >= 4 is 10.0 Å². The van der Waals surface area contributed by atoms with Crippen LogP contribution >= 0.6 is 0 Å². The highest BCUT2D eigenvalue weighted by molar-refractivity contribution is 7.89. The van der Waals surface area contributed by atoms with Gasteiger partial charge in [-0.2, -0.15) is 0 Å². The summed E-state index contributed by atoms with van der Waals surface area (Å²) in [5.74, 6) is 0.408. The SMILES string of the molecule is O=S1(=O)CC2CC3OCCOC3C2N1. The van der Waals surface area contributed by atoms with Crippen molar-refractivity contribution in [2.75, 3.05) is 19.0 Å². The first-order valence-electron chi connectivity index (χ1n) is 4.89. The molecule has 80 valence electrons. The van der Waals surface area contributed by atoms with Gasteiger partial charge in [0, 0.05) is 0 Å². The van der Waals surface area contributed by atoms with E-state index in [-0.39, 0.29) is 29.9 Å². The maximum absolute atomic E-state index is 11.3. The van der Waals surface area contributed by atoms with E-state index in [2.05, 4.69) is 4.72 Å². The lowest BCUT2D eigenvalue weighted by atomic mass is 10.1. The van der Waals surface area contributed by atoms with Crippen LogP contribution in [0.15, 0.2) is 0 Å². The molecule has 3 aliphatic rings. The van der Waals surface area contributed by atoms with Gasteiger partial charge in [0.15, 0.2) is 0 Å². The molecule has 6 heteroatoms. The van der Waals surface area contributed by atoms with Crippen molar-refractivity contribution in [1.82, 2.24) is 4.72 Å². The molecular weight excluding hydrogens is 206 g/mol. The number of hydrogen-bond donors (Lipinski definition) is 1. The van der Waals surface area contributed by atoms with Crippen LogP contribution in [0.2, 0.25) is 0 Å². The summed E-state index contributed by atoms with van der Waals surface area (Å²) in [6.45, 7) is 1.21. The van der Waals surface area contributed by atoms with Crippen molar-refractivity contribution in [3.05, 3.63) is 0 Å². The van der Waals surface area contributed by atoms with Crippen LogP contribution in [0.3, 0.4) is 0 Å². The molecule has 14 heavy (non-hydrogen) atoms. The second-order valence-corrected chi connectivity index (χ2v) is 5.96. The Labute approximate surface area is 82.8 Å². The molecule has 3 rings (SSSR count). The Morgan fingerprint density at radius 3 is 2.86 bits per heavy atom. The lowest BCUT2D eigenvalue weighted by molar-refractivity contribution is -0.129. The van der Waals surface area contributed by atoms with E-state index >= 15 is 0 Å². The Morgan fingerprint density at radius 1 is 1.21 bits per heavy atom. The molecule has 0 radical (unpaired) electrons. The van der Waals surface area contributed by atoms with Crippen molar-refractivity contribution in [1.29, 1.82) is 0 Å². The van der Waals surface area contributed by atoms with Gasteiger partial charge in [-0.3, -0.25) is 0 Å². The minimum Gasteiger partial charge on any atom is -0.373 e. The summed E-state index contributed by atoms with van der Waals surface area (Å²) in [6.07, 6.45) is 0.842. The van der Waals surface area contributed by atoms with Crippen molar-refractivity contribution < 1.29 is 17.9 Å². The van der Waals surface area contributed by atoms with Crippen LogP contribution in [0.5, 0.6) is 0 Å². The topological polar surface area (TPSA) is 64.6 Å². The summed E-state index contributed by atoms with van der Waals surface area (Å²) in [7, 11) is -3.04. The van der Waals surface area contributed by atoms with Crippen molar-refractivity contribution in [2.45, 2.75) is 24.7 Å². The molecule has 3 fully saturated rings. The summed E-state index contributed by atoms with van der Waals surface area (Å²) in [5.41, 5.74) is 0. The molecule has 4 unspecified atom stereocenters. The normalized spacial score (nSPS) is 50.0. The molecule has 4 atom stereocenters. The number of nitrogens with one attached hydrogen (secondary N) is 1. The number of ether oxygens (including phenoxy) is 2. The fraction of sp³-hybridized carbons (Fsp3) is 1.00.